The third kappa shape index (κ3) is 2.51. The fourth-order valence-electron chi connectivity index (χ4n) is 2.52. The molecule has 0 saturated carbocycles. The Kier molecular flexibility index (Phi) is 3.29. The van der Waals surface area contributed by atoms with Gasteiger partial charge in [-0.1, -0.05) is 6.92 Å². The lowest BCUT2D eigenvalue weighted by molar-refractivity contribution is -0.120. The van der Waals surface area contributed by atoms with Gasteiger partial charge in [-0.3, -0.25) is 4.79 Å². The molecule has 1 aromatic carbocycles. The molecule has 0 bridgehead atoms. The van der Waals surface area contributed by atoms with E-state index in [2.05, 4.69) is 17.6 Å². The maximum absolute atomic E-state index is 12.2. The van der Waals surface area contributed by atoms with Gasteiger partial charge in [-0.25, -0.2) is 0 Å². The second-order valence-electron chi connectivity index (χ2n) is 5.09. The number of amides is 1. The van der Waals surface area contributed by atoms with E-state index in [1.807, 2.05) is 18.2 Å². The maximum atomic E-state index is 12.2. The molecule has 1 fully saturated rings. The van der Waals surface area contributed by atoms with Crippen LogP contribution in [0.3, 0.4) is 0 Å². The lowest BCUT2D eigenvalue weighted by atomic mass is 9.97. The second kappa shape index (κ2) is 5.09. The van der Waals surface area contributed by atoms with Crippen molar-refractivity contribution in [1.82, 2.24) is 5.32 Å². The summed E-state index contributed by atoms with van der Waals surface area (Å²) < 4.78 is 11.0. The number of benzene rings is 1. The third-order valence-electron chi connectivity index (χ3n) is 3.66. The Labute approximate surface area is 112 Å². The quantitative estimate of drug-likeness (QED) is 0.842. The normalized spacial score (nSPS) is 25.1. The van der Waals surface area contributed by atoms with E-state index < -0.39 is 0 Å². The summed E-state index contributed by atoms with van der Waals surface area (Å²) in [5, 5.41) is 6.18. The van der Waals surface area contributed by atoms with Gasteiger partial charge >= 0.3 is 0 Å². The van der Waals surface area contributed by atoms with E-state index in [1.165, 1.54) is 0 Å². The van der Waals surface area contributed by atoms with Gasteiger partial charge in [0, 0.05) is 18.3 Å². The Morgan fingerprint density at radius 3 is 2.79 bits per heavy atom. The molecule has 2 heterocycles. The van der Waals surface area contributed by atoms with Gasteiger partial charge in [0.1, 0.15) is 13.2 Å². The molecule has 0 radical (unpaired) electrons. The minimum Gasteiger partial charge on any atom is -0.486 e. The summed E-state index contributed by atoms with van der Waals surface area (Å²) in [6.07, 6.45) is 0. The van der Waals surface area contributed by atoms with Crippen molar-refractivity contribution >= 4 is 11.6 Å². The van der Waals surface area contributed by atoms with Gasteiger partial charge in [0.15, 0.2) is 11.5 Å². The number of anilines is 1. The van der Waals surface area contributed by atoms with E-state index >= 15 is 0 Å². The highest BCUT2D eigenvalue weighted by Crippen LogP contribution is 2.32. The molecule has 1 aromatic rings. The summed E-state index contributed by atoms with van der Waals surface area (Å²) in [6, 6.07) is 5.50. The van der Waals surface area contributed by atoms with Gasteiger partial charge in [-0.15, -0.1) is 0 Å². The topological polar surface area (TPSA) is 59.6 Å². The molecule has 2 atom stereocenters. The largest absolute Gasteiger partial charge is 0.486 e. The number of fused-ring (bicyclic) bond motifs is 1. The van der Waals surface area contributed by atoms with Gasteiger partial charge < -0.3 is 20.1 Å². The molecule has 2 aliphatic rings. The zero-order chi connectivity index (χ0) is 13.2. The van der Waals surface area contributed by atoms with Crippen LogP contribution in [0.1, 0.15) is 6.92 Å². The number of nitrogens with one attached hydrogen (secondary N) is 2. The van der Waals surface area contributed by atoms with Crippen molar-refractivity contribution in [3.8, 4) is 11.5 Å². The molecule has 2 unspecified atom stereocenters. The molecule has 19 heavy (non-hydrogen) atoms. The van der Waals surface area contributed by atoms with Crippen molar-refractivity contribution in [3.05, 3.63) is 18.2 Å². The Morgan fingerprint density at radius 2 is 2.05 bits per heavy atom. The predicted molar refractivity (Wildman–Crippen MR) is 71.6 cm³/mol. The maximum Gasteiger partial charge on any atom is 0.229 e. The van der Waals surface area contributed by atoms with E-state index in [9.17, 15) is 4.79 Å². The summed E-state index contributed by atoms with van der Waals surface area (Å²) in [4.78, 5) is 12.2. The van der Waals surface area contributed by atoms with Crippen LogP contribution in [0.4, 0.5) is 5.69 Å². The van der Waals surface area contributed by atoms with Crippen LogP contribution in [-0.2, 0) is 4.79 Å². The summed E-state index contributed by atoms with van der Waals surface area (Å²) in [5.41, 5.74) is 0.758. The standard InChI is InChI=1S/C14H18N2O3/c1-9-7-15-8-11(9)14(17)16-10-2-3-12-13(6-10)19-5-4-18-12/h2-3,6,9,11,15H,4-5,7-8H2,1H3,(H,16,17). The Balaban J connectivity index is 1.71. The second-order valence-corrected chi connectivity index (χ2v) is 5.09. The molecule has 2 N–H and O–H groups in total. The summed E-state index contributed by atoms with van der Waals surface area (Å²) in [7, 11) is 0. The first kappa shape index (κ1) is 12.3. The van der Waals surface area contributed by atoms with Crippen LogP contribution < -0.4 is 20.1 Å². The molecule has 5 heteroatoms. The minimum absolute atomic E-state index is 0.0354. The summed E-state index contributed by atoms with van der Waals surface area (Å²) in [5.74, 6) is 1.90. The molecular weight excluding hydrogens is 244 g/mol. The van der Waals surface area contributed by atoms with Gasteiger partial charge in [-0.05, 0) is 24.6 Å². The number of hydrogen-bond acceptors (Lipinski definition) is 4. The van der Waals surface area contributed by atoms with E-state index in [-0.39, 0.29) is 11.8 Å². The molecule has 5 nitrogen and oxygen atoms in total. The van der Waals surface area contributed by atoms with Crippen LogP contribution in [0.15, 0.2) is 18.2 Å². The summed E-state index contributed by atoms with van der Waals surface area (Å²) in [6.45, 7) is 4.86. The molecule has 1 saturated heterocycles. The van der Waals surface area contributed by atoms with E-state index in [0.717, 1.165) is 24.5 Å². The Hall–Kier alpha value is -1.75. The number of carbonyl (C=O) groups is 1. The molecule has 2 aliphatic heterocycles. The number of ether oxygens (including phenoxy) is 2. The SMILES string of the molecule is CC1CNCC1C(=O)Nc1ccc2c(c1)OCCO2. The first-order valence-electron chi connectivity index (χ1n) is 6.65. The average molecular weight is 262 g/mol. The zero-order valence-electron chi connectivity index (χ0n) is 10.9. The fourth-order valence-corrected chi connectivity index (χ4v) is 2.52. The minimum atomic E-state index is 0.0354. The molecule has 0 spiro atoms. The molecule has 0 aromatic heterocycles. The van der Waals surface area contributed by atoms with E-state index in [0.29, 0.717) is 24.9 Å². The first-order chi connectivity index (χ1) is 9.24. The van der Waals surface area contributed by atoms with E-state index in [4.69, 9.17) is 9.47 Å². The predicted octanol–water partition coefficient (Wildman–Crippen LogP) is 1.25. The van der Waals surface area contributed by atoms with Crippen LogP contribution in [0, 0.1) is 11.8 Å². The first-order valence-corrected chi connectivity index (χ1v) is 6.65. The number of carbonyl (C=O) groups excluding carboxylic acids is 1. The summed E-state index contributed by atoms with van der Waals surface area (Å²) >= 11 is 0. The Morgan fingerprint density at radius 1 is 1.26 bits per heavy atom. The molecule has 3 rings (SSSR count). The van der Waals surface area contributed by atoms with Crippen molar-refractivity contribution in [2.45, 2.75) is 6.92 Å². The lowest BCUT2D eigenvalue weighted by Crippen LogP contribution is -2.27. The third-order valence-corrected chi connectivity index (χ3v) is 3.66. The van der Waals surface area contributed by atoms with Crippen molar-refractivity contribution in [1.29, 1.82) is 0 Å². The highest BCUT2D eigenvalue weighted by atomic mass is 16.6. The van der Waals surface area contributed by atoms with Crippen molar-refractivity contribution in [2.24, 2.45) is 11.8 Å². The monoisotopic (exact) mass is 262 g/mol. The van der Waals surface area contributed by atoms with E-state index in [1.54, 1.807) is 0 Å². The van der Waals surface area contributed by atoms with Crippen molar-refractivity contribution < 1.29 is 14.3 Å². The zero-order valence-corrected chi connectivity index (χ0v) is 10.9. The smallest absolute Gasteiger partial charge is 0.229 e. The van der Waals surface area contributed by atoms with Crippen molar-refractivity contribution in [2.75, 3.05) is 31.6 Å². The number of rotatable bonds is 2. The van der Waals surface area contributed by atoms with Gasteiger partial charge in [0.25, 0.3) is 0 Å². The molecular formula is C14H18N2O3. The fraction of sp³-hybridized carbons (Fsp3) is 0.500. The van der Waals surface area contributed by atoms with Crippen LogP contribution >= 0.6 is 0 Å². The Bertz CT molecular complexity index is 490. The van der Waals surface area contributed by atoms with Gasteiger partial charge in [-0.2, -0.15) is 0 Å². The average Bonchev–Trinajstić information content (AvgIpc) is 2.85. The van der Waals surface area contributed by atoms with Crippen LogP contribution in [-0.4, -0.2) is 32.2 Å². The lowest BCUT2D eigenvalue weighted by Gasteiger charge is -2.20. The highest BCUT2D eigenvalue weighted by Gasteiger charge is 2.29. The van der Waals surface area contributed by atoms with Crippen LogP contribution in [0.5, 0.6) is 11.5 Å². The van der Waals surface area contributed by atoms with Crippen molar-refractivity contribution in [3.63, 3.8) is 0 Å². The molecule has 102 valence electrons. The van der Waals surface area contributed by atoms with Gasteiger partial charge in [0.05, 0.1) is 5.92 Å². The van der Waals surface area contributed by atoms with Crippen LogP contribution in [0.25, 0.3) is 0 Å². The number of hydrogen-bond donors (Lipinski definition) is 2. The van der Waals surface area contributed by atoms with Gasteiger partial charge in [0.2, 0.25) is 5.91 Å². The molecule has 0 aliphatic carbocycles. The highest BCUT2D eigenvalue weighted by molar-refractivity contribution is 5.93. The van der Waals surface area contributed by atoms with Crippen LogP contribution in [0.2, 0.25) is 0 Å². The molecule has 1 amide bonds.